The molecule has 21 heavy (non-hydrogen) atoms. The minimum Gasteiger partial charge on any atom is -0.371 e. The highest BCUT2D eigenvalue weighted by molar-refractivity contribution is 6.30. The molecule has 0 amide bonds. The molecule has 0 unspecified atom stereocenters. The Morgan fingerprint density at radius 2 is 2.29 bits per heavy atom. The van der Waals surface area contributed by atoms with Gasteiger partial charge in [-0.1, -0.05) is 23.7 Å². The Labute approximate surface area is 130 Å². The molecule has 2 heterocycles. The zero-order valence-corrected chi connectivity index (χ0v) is 12.7. The van der Waals surface area contributed by atoms with E-state index in [2.05, 4.69) is 20.5 Å². The predicted octanol–water partition coefficient (Wildman–Crippen LogP) is 3.00. The molecular weight excluding hydrogens is 286 g/mol. The van der Waals surface area contributed by atoms with Crippen LogP contribution in [-0.4, -0.2) is 40.7 Å². The molecule has 2 aromatic rings. The van der Waals surface area contributed by atoms with E-state index in [0.29, 0.717) is 0 Å². The second kappa shape index (κ2) is 7.07. The molecule has 1 aliphatic heterocycles. The predicted molar refractivity (Wildman–Crippen MR) is 83.4 cm³/mol. The zero-order valence-electron chi connectivity index (χ0n) is 12.0. The van der Waals surface area contributed by atoms with Crippen molar-refractivity contribution in [3.63, 3.8) is 0 Å². The summed E-state index contributed by atoms with van der Waals surface area (Å²) >= 11 is 6.06. The number of benzene rings is 1. The van der Waals surface area contributed by atoms with E-state index in [0.717, 1.165) is 44.2 Å². The van der Waals surface area contributed by atoms with Gasteiger partial charge in [-0.15, -0.1) is 0 Å². The largest absolute Gasteiger partial charge is 0.371 e. The molecule has 1 aromatic heterocycles. The molecule has 0 saturated carbocycles. The molecule has 1 aliphatic rings. The lowest BCUT2D eigenvalue weighted by Gasteiger charge is -2.33. The molecule has 1 saturated heterocycles. The van der Waals surface area contributed by atoms with Crippen LogP contribution >= 0.6 is 11.6 Å². The van der Waals surface area contributed by atoms with Crippen LogP contribution in [-0.2, 0) is 11.3 Å². The summed E-state index contributed by atoms with van der Waals surface area (Å²) in [5.41, 5.74) is 1.17. The van der Waals surface area contributed by atoms with Crippen molar-refractivity contribution in [3.05, 3.63) is 53.6 Å². The Morgan fingerprint density at radius 3 is 3.10 bits per heavy atom. The normalized spacial score (nSPS) is 19.8. The summed E-state index contributed by atoms with van der Waals surface area (Å²) in [4.78, 5) is 6.53. The molecule has 1 aromatic carbocycles. The van der Waals surface area contributed by atoms with E-state index in [1.807, 2.05) is 36.9 Å². The third-order valence-electron chi connectivity index (χ3n) is 3.82. The average molecular weight is 306 g/mol. The SMILES string of the molecule is Clc1cccc([C@@H]2CN(CCCn3ccnc3)CCO2)c1. The molecule has 0 radical (unpaired) electrons. The van der Waals surface area contributed by atoms with Gasteiger partial charge in [0.15, 0.2) is 0 Å². The van der Waals surface area contributed by atoms with Crippen molar-refractivity contribution in [2.24, 2.45) is 0 Å². The van der Waals surface area contributed by atoms with Crippen molar-refractivity contribution in [1.29, 1.82) is 0 Å². The van der Waals surface area contributed by atoms with Gasteiger partial charge in [-0.25, -0.2) is 4.98 Å². The van der Waals surface area contributed by atoms with Gasteiger partial charge in [0.25, 0.3) is 0 Å². The van der Waals surface area contributed by atoms with Crippen molar-refractivity contribution in [2.45, 2.75) is 19.1 Å². The van der Waals surface area contributed by atoms with E-state index in [4.69, 9.17) is 16.3 Å². The van der Waals surface area contributed by atoms with Crippen molar-refractivity contribution in [3.8, 4) is 0 Å². The highest BCUT2D eigenvalue weighted by Gasteiger charge is 2.21. The summed E-state index contributed by atoms with van der Waals surface area (Å²) in [5.74, 6) is 0. The van der Waals surface area contributed by atoms with Crippen molar-refractivity contribution < 1.29 is 4.74 Å². The fourth-order valence-electron chi connectivity index (χ4n) is 2.71. The molecule has 112 valence electrons. The molecular formula is C16H20ClN3O. The third kappa shape index (κ3) is 4.06. The number of aromatic nitrogens is 2. The van der Waals surface area contributed by atoms with Gasteiger partial charge < -0.3 is 9.30 Å². The van der Waals surface area contributed by atoms with Crippen molar-refractivity contribution in [1.82, 2.24) is 14.5 Å². The molecule has 0 N–H and O–H groups in total. The number of hydrogen-bond donors (Lipinski definition) is 0. The topological polar surface area (TPSA) is 30.3 Å². The smallest absolute Gasteiger partial charge is 0.0952 e. The van der Waals surface area contributed by atoms with E-state index < -0.39 is 0 Å². The van der Waals surface area contributed by atoms with Gasteiger partial charge >= 0.3 is 0 Å². The molecule has 0 spiro atoms. The maximum atomic E-state index is 6.06. The Hall–Kier alpha value is -1.36. The summed E-state index contributed by atoms with van der Waals surface area (Å²) in [7, 11) is 0. The molecule has 0 bridgehead atoms. The van der Waals surface area contributed by atoms with Gasteiger partial charge in [-0.3, -0.25) is 4.90 Å². The molecule has 5 heteroatoms. The fraction of sp³-hybridized carbons (Fsp3) is 0.438. The maximum Gasteiger partial charge on any atom is 0.0952 e. The maximum absolute atomic E-state index is 6.06. The van der Waals surface area contributed by atoms with Gasteiger partial charge in [0.2, 0.25) is 0 Å². The number of ether oxygens (including phenoxy) is 1. The first-order valence-electron chi connectivity index (χ1n) is 7.36. The Bertz CT molecular complexity index is 558. The van der Waals surface area contributed by atoms with Crippen LogP contribution in [0.2, 0.25) is 5.02 Å². The summed E-state index contributed by atoms with van der Waals surface area (Å²) < 4.78 is 8.01. The van der Waals surface area contributed by atoms with Crippen LogP contribution in [0.15, 0.2) is 43.0 Å². The minimum atomic E-state index is 0.130. The molecule has 1 fully saturated rings. The number of nitrogens with zero attached hydrogens (tertiary/aromatic N) is 3. The van der Waals surface area contributed by atoms with Crippen LogP contribution in [0.4, 0.5) is 0 Å². The second-order valence-electron chi connectivity index (χ2n) is 5.37. The fourth-order valence-corrected chi connectivity index (χ4v) is 2.91. The molecule has 1 atom stereocenters. The van der Waals surface area contributed by atoms with E-state index in [-0.39, 0.29) is 6.10 Å². The molecule has 4 nitrogen and oxygen atoms in total. The van der Waals surface area contributed by atoms with Crippen LogP contribution in [0.1, 0.15) is 18.1 Å². The van der Waals surface area contributed by atoms with E-state index >= 15 is 0 Å². The van der Waals surface area contributed by atoms with Crippen LogP contribution < -0.4 is 0 Å². The Balaban J connectivity index is 1.51. The second-order valence-corrected chi connectivity index (χ2v) is 5.81. The number of aryl methyl sites for hydroxylation is 1. The Kier molecular flexibility index (Phi) is 4.91. The van der Waals surface area contributed by atoms with E-state index in [1.165, 1.54) is 5.56 Å². The van der Waals surface area contributed by atoms with Gasteiger partial charge in [-0.05, 0) is 24.1 Å². The number of morpholine rings is 1. The van der Waals surface area contributed by atoms with Gasteiger partial charge in [-0.2, -0.15) is 0 Å². The van der Waals surface area contributed by atoms with E-state index in [1.54, 1.807) is 0 Å². The highest BCUT2D eigenvalue weighted by atomic mass is 35.5. The highest BCUT2D eigenvalue weighted by Crippen LogP contribution is 2.24. The van der Waals surface area contributed by atoms with E-state index in [9.17, 15) is 0 Å². The summed E-state index contributed by atoms with van der Waals surface area (Å²) in [6, 6.07) is 7.97. The lowest BCUT2D eigenvalue weighted by Crippen LogP contribution is -2.39. The summed E-state index contributed by atoms with van der Waals surface area (Å²) in [6.45, 7) is 4.81. The van der Waals surface area contributed by atoms with Gasteiger partial charge in [0, 0.05) is 43.6 Å². The standard InChI is InChI=1S/C16H20ClN3O/c17-15-4-1-3-14(11-15)16-12-19(9-10-21-16)6-2-7-20-8-5-18-13-20/h1,3-5,8,11,13,16H,2,6-7,9-10,12H2/t16-/m0/s1. The number of rotatable bonds is 5. The first kappa shape index (κ1) is 14.6. The van der Waals surface area contributed by atoms with Crippen LogP contribution in [0, 0.1) is 0 Å². The van der Waals surface area contributed by atoms with Crippen LogP contribution in [0.5, 0.6) is 0 Å². The molecule has 0 aliphatic carbocycles. The number of hydrogen-bond acceptors (Lipinski definition) is 3. The summed E-state index contributed by atoms with van der Waals surface area (Å²) in [6.07, 6.45) is 6.95. The number of imidazole rings is 1. The average Bonchev–Trinajstić information content (AvgIpc) is 3.01. The first-order chi connectivity index (χ1) is 10.3. The Morgan fingerprint density at radius 1 is 1.33 bits per heavy atom. The van der Waals surface area contributed by atoms with Crippen LogP contribution in [0.3, 0.4) is 0 Å². The third-order valence-corrected chi connectivity index (χ3v) is 4.06. The monoisotopic (exact) mass is 305 g/mol. The van der Waals surface area contributed by atoms with Gasteiger partial charge in [0.1, 0.15) is 0 Å². The van der Waals surface area contributed by atoms with Crippen molar-refractivity contribution >= 4 is 11.6 Å². The van der Waals surface area contributed by atoms with Gasteiger partial charge in [0.05, 0.1) is 19.0 Å². The lowest BCUT2D eigenvalue weighted by molar-refractivity contribution is -0.0304. The van der Waals surface area contributed by atoms with Crippen LogP contribution in [0.25, 0.3) is 0 Å². The lowest BCUT2D eigenvalue weighted by atomic mass is 10.1. The minimum absolute atomic E-state index is 0.130. The van der Waals surface area contributed by atoms with Crippen molar-refractivity contribution in [2.75, 3.05) is 26.2 Å². The first-order valence-corrected chi connectivity index (χ1v) is 7.74. The zero-order chi connectivity index (χ0) is 14.5. The quantitative estimate of drug-likeness (QED) is 0.850. The number of halogens is 1. The summed E-state index contributed by atoms with van der Waals surface area (Å²) in [5, 5.41) is 0.772. The molecule has 3 rings (SSSR count).